The van der Waals surface area contributed by atoms with E-state index >= 15 is 0 Å². The van der Waals surface area contributed by atoms with Crippen molar-refractivity contribution in [1.29, 1.82) is 0 Å². The Morgan fingerprint density at radius 1 is 0.559 bits per heavy atom. The highest BCUT2D eigenvalue weighted by Crippen LogP contribution is 2.24. The third-order valence-corrected chi connectivity index (χ3v) is 5.98. The van der Waals surface area contributed by atoms with Crippen molar-refractivity contribution >= 4 is 34.2 Å². The van der Waals surface area contributed by atoms with E-state index in [2.05, 4.69) is 69.8 Å². The molecule has 0 saturated carbocycles. The second-order valence-corrected chi connectivity index (χ2v) is 8.26. The molecule has 0 atom stereocenters. The first-order valence-electron chi connectivity index (χ1n) is 11.4. The van der Waals surface area contributed by atoms with Crippen LogP contribution in [0.5, 0.6) is 0 Å². The van der Waals surface area contributed by atoms with Gasteiger partial charge in [-0.2, -0.15) is 0 Å². The minimum Gasteiger partial charge on any atom is -0.319 e. The summed E-state index contributed by atoms with van der Waals surface area (Å²) in [5, 5.41) is 0. The van der Waals surface area contributed by atoms with Gasteiger partial charge in [0, 0.05) is 6.54 Å². The maximum absolute atomic E-state index is 4.87. The van der Waals surface area contributed by atoms with Crippen molar-refractivity contribution in [2.24, 2.45) is 4.99 Å². The highest BCUT2D eigenvalue weighted by Gasteiger charge is 2.12. The Hall–Kier alpha value is -4.51. The SMILES string of the molecule is C(=N\c1nc2ccccc2n1Cc1ccccc1)/c1nc2ccccc2n1Cc1ccccc1. The van der Waals surface area contributed by atoms with Gasteiger partial charge in [0.2, 0.25) is 5.95 Å². The highest BCUT2D eigenvalue weighted by molar-refractivity contribution is 5.87. The van der Waals surface area contributed by atoms with Gasteiger partial charge < -0.3 is 9.13 Å². The van der Waals surface area contributed by atoms with E-state index in [-0.39, 0.29) is 0 Å². The highest BCUT2D eigenvalue weighted by atomic mass is 15.2. The van der Waals surface area contributed by atoms with Crippen LogP contribution in [0, 0.1) is 0 Å². The second-order valence-electron chi connectivity index (χ2n) is 8.26. The van der Waals surface area contributed by atoms with Gasteiger partial charge in [-0.15, -0.1) is 0 Å². The zero-order valence-corrected chi connectivity index (χ0v) is 18.6. The Morgan fingerprint density at radius 3 is 1.71 bits per heavy atom. The van der Waals surface area contributed by atoms with Crippen LogP contribution in [0.1, 0.15) is 17.0 Å². The van der Waals surface area contributed by atoms with E-state index in [1.54, 1.807) is 0 Å². The van der Waals surface area contributed by atoms with E-state index in [1.165, 1.54) is 11.1 Å². The molecule has 0 bridgehead atoms. The number of fused-ring (bicyclic) bond motifs is 2. The lowest BCUT2D eigenvalue weighted by atomic mass is 10.2. The number of benzene rings is 4. The van der Waals surface area contributed by atoms with Gasteiger partial charge in [0.15, 0.2) is 5.82 Å². The van der Waals surface area contributed by atoms with Gasteiger partial charge in [-0.3, -0.25) is 0 Å². The molecule has 0 aliphatic heterocycles. The van der Waals surface area contributed by atoms with Crippen molar-refractivity contribution in [3.8, 4) is 0 Å². The zero-order chi connectivity index (χ0) is 22.7. The molecular weight excluding hydrogens is 418 g/mol. The predicted octanol–water partition coefficient (Wildman–Crippen LogP) is 6.23. The van der Waals surface area contributed by atoms with Crippen LogP contribution in [0.2, 0.25) is 0 Å². The predicted molar refractivity (Wildman–Crippen MR) is 138 cm³/mol. The van der Waals surface area contributed by atoms with Crippen molar-refractivity contribution in [2.45, 2.75) is 13.1 Å². The summed E-state index contributed by atoms with van der Waals surface area (Å²) in [4.78, 5) is 14.5. The molecule has 0 radical (unpaired) electrons. The van der Waals surface area contributed by atoms with Crippen molar-refractivity contribution in [3.63, 3.8) is 0 Å². The standard InChI is InChI=1S/C29H23N5/c1-3-11-22(12-4-1)20-33-26-17-9-7-15-24(26)31-28(33)19-30-29-32-25-16-8-10-18-27(25)34(29)21-23-13-5-2-6-14-23/h1-19H,20-21H2/b30-19+. The molecule has 34 heavy (non-hydrogen) atoms. The van der Waals surface area contributed by atoms with Gasteiger partial charge in [-0.25, -0.2) is 15.0 Å². The van der Waals surface area contributed by atoms with E-state index in [1.807, 2.05) is 54.7 Å². The monoisotopic (exact) mass is 441 g/mol. The maximum atomic E-state index is 4.87. The van der Waals surface area contributed by atoms with Crippen molar-refractivity contribution in [1.82, 2.24) is 19.1 Å². The Labute approximate surface area is 197 Å². The minimum absolute atomic E-state index is 0.670. The number of rotatable bonds is 6. The molecule has 164 valence electrons. The number of para-hydroxylation sites is 4. The topological polar surface area (TPSA) is 48.0 Å². The molecule has 0 unspecified atom stereocenters. The molecule has 0 saturated heterocycles. The summed E-state index contributed by atoms with van der Waals surface area (Å²) in [6.45, 7) is 1.43. The summed E-state index contributed by atoms with van der Waals surface area (Å²) < 4.78 is 4.36. The van der Waals surface area contributed by atoms with Crippen LogP contribution in [-0.2, 0) is 13.1 Å². The third kappa shape index (κ3) is 3.88. The molecule has 0 aliphatic carbocycles. The largest absolute Gasteiger partial charge is 0.319 e. The molecule has 4 aromatic carbocycles. The molecule has 5 nitrogen and oxygen atoms in total. The maximum Gasteiger partial charge on any atom is 0.230 e. The number of hydrogen-bond acceptors (Lipinski definition) is 3. The zero-order valence-electron chi connectivity index (χ0n) is 18.6. The molecule has 0 spiro atoms. The molecule has 6 aromatic rings. The molecule has 5 heteroatoms. The molecule has 6 rings (SSSR count). The Kier molecular flexibility index (Phi) is 5.20. The van der Waals surface area contributed by atoms with Gasteiger partial charge >= 0.3 is 0 Å². The summed E-state index contributed by atoms with van der Waals surface area (Å²) in [6.07, 6.45) is 1.84. The average Bonchev–Trinajstić information content (AvgIpc) is 3.42. The minimum atomic E-state index is 0.670. The lowest BCUT2D eigenvalue weighted by Crippen LogP contribution is -2.05. The van der Waals surface area contributed by atoms with E-state index < -0.39 is 0 Å². The summed E-state index contributed by atoms with van der Waals surface area (Å²) in [5.74, 6) is 1.48. The van der Waals surface area contributed by atoms with Crippen LogP contribution in [0.3, 0.4) is 0 Å². The Bertz CT molecular complexity index is 1470. The summed E-state index contributed by atoms with van der Waals surface area (Å²) in [5.41, 5.74) is 6.47. The van der Waals surface area contributed by atoms with Crippen LogP contribution in [0.15, 0.2) is 114 Å². The fourth-order valence-electron chi connectivity index (χ4n) is 4.32. The average molecular weight is 442 g/mol. The first-order chi connectivity index (χ1) is 16.8. The van der Waals surface area contributed by atoms with Crippen LogP contribution in [0.25, 0.3) is 22.1 Å². The van der Waals surface area contributed by atoms with Gasteiger partial charge in [-0.1, -0.05) is 84.9 Å². The lowest BCUT2D eigenvalue weighted by molar-refractivity contribution is 0.812. The molecule has 0 aliphatic rings. The van der Waals surface area contributed by atoms with Crippen molar-refractivity contribution in [2.75, 3.05) is 0 Å². The number of aliphatic imine (C=N–C) groups is 1. The normalized spacial score (nSPS) is 11.6. The van der Waals surface area contributed by atoms with Gasteiger partial charge in [0.25, 0.3) is 0 Å². The van der Waals surface area contributed by atoms with E-state index in [9.17, 15) is 0 Å². The smallest absolute Gasteiger partial charge is 0.230 e. The van der Waals surface area contributed by atoms with Crippen LogP contribution < -0.4 is 0 Å². The fourth-order valence-corrected chi connectivity index (χ4v) is 4.32. The molecule has 2 heterocycles. The summed E-state index contributed by atoms with van der Waals surface area (Å²) >= 11 is 0. The van der Waals surface area contributed by atoms with E-state index in [0.717, 1.165) is 34.4 Å². The number of nitrogens with zero attached hydrogens (tertiary/aromatic N) is 5. The van der Waals surface area contributed by atoms with E-state index in [0.29, 0.717) is 12.5 Å². The third-order valence-electron chi connectivity index (χ3n) is 5.98. The quantitative estimate of drug-likeness (QED) is 0.288. The number of aromatic nitrogens is 4. The van der Waals surface area contributed by atoms with Crippen LogP contribution in [-0.4, -0.2) is 25.3 Å². The Morgan fingerprint density at radius 2 is 1.06 bits per heavy atom. The van der Waals surface area contributed by atoms with Gasteiger partial charge in [-0.05, 0) is 35.4 Å². The number of hydrogen-bond donors (Lipinski definition) is 0. The van der Waals surface area contributed by atoms with E-state index in [4.69, 9.17) is 15.0 Å². The summed E-state index contributed by atoms with van der Waals surface area (Å²) in [6, 6.07) is 37.2. The van der Waals surface area contributed by atoms with Crippen molar-refractivity contribution in [3.05, 3.63) is 126 Å². The van der Waals surface area contributed by atoms with Gasteiger partial charge in [0.1, 0.15) is 0 Å². The molecule has 0 fully saturated rings. The van der Waals surface area contributed by atoms with Crippen molar-refractivity contribution < 1.29 is 0 Å². The fraction of sp³-hybridized carbons (Fsp3) is 0.0690. The molecule has 0 amide bonds. The lowest BCUT2D eigenvalue weighted by Gasteiger charge is -2.08. The second kappa shape index (κ2) is 8.79. The first-order valence-corrected chi connectivity index (χ1v) is 11.4. The summed E-state index contributed by atoms with van der Waals surface area (Å²) in [7, 11) is 0. The van der Waals surface area contributed by atoms with Crippen LogP contribution in [0.4, 0.5) is 5.95 Å². The van der Waals surface area contributed by atoms with Crippen LogP contribution >= 0.6 is 0 Å². The molecular formula is C29H23N5. The number of imidazole rings is 2. The molecule has 2 aromatic heterocycles. The first kappa shape index (κ1) is 20.1. The van der Waals surface area contributed by atoms with Gasteiger partial charge in [0.05, 0.1) is 34.8 Å². The Balaban J connectivity index is 1.43. The molecule has 0 N–H and O–H groups in total.